The van der Waals surface area contributed by atoms with Crippen LogP contribution < -0.4 is 0 Å². The van der Waals surface area contributed by atoms with Crippen molar-refractivity contribution in [3.05, 3.63) is 27.8 Å². The molecule has 7 heteroatoms. The van der Waals surface area contributed by atoms with E-state index in [9.17, 15) is 13.2 Å². The number of piperidine rings is 1. The average molecular weight is 397 g/mol. The normalized spacial score (nSPS) is 16.9. The van der Waals surface area contributed by atoms with Gasteiger partial charge in [-0.05, 0) is 81.8 Å². The Bertz CT molecular complexity index is 796. The highest BCUT2D eigenvalue weighted by Gasteiger charge is 2.34. The largest absolute Gasteiger partial charge is 0.480 e. The van der Waals surface area contributed by atoms with Crippen molar-refractivity contribution in [2.45, 2.75) is 65.3 Å². The van der Waals surface area contributed by atoms with Crippen molar-refractivity contribution >= 4 is 16.0 Å². The van der Waals surface area contributed by atoms with Gasteiger partial charge in [0.2, 0.25) is 10.0 Å². The zero-order chi connectivity index (χ0) is 20.5. The molecular weight excluding hydrogens is 364 g/mol. The Balaban J connectivity index is 2.27. The molecule has 0 atom stereocenters. The molecule has 1 heterocycles. The lowest BCUT2D eigenvalue weighted by molar-refractivity contribution is -0.139. The summed E-state index contributed by atoms with van der Waals surface area (Å²) in [7, 11) is -3.57. The van der Waals surface area contributed by atoms with E-state index in [-0.39, 0.29) is 12.6 Å². The fraction of sp³-hybridized carbons (Fsp3) is 0.650. The monoisotopic (exact) mass is 396 g/mol. The van der Waals surface area contributed by atoms with E-state index in [4.69, 9.17) is 5.11 Å². The third-order valence-corrected chi connectivity index (χ3v) is 8.39. The molecule has 1 aliphatic heterocycles. The van der Waals surface area contributed by atoms with Crippen LogP contribution in [0.2, 0.25) is 0 Å². The van der Waals surface area contributed by atoms with Crippen molar-refractivity contribution in [2.24, 2.45) is 0 Å². The summed E-state index contributed by atoms with van der Waals surface area (Å²) >= 11 is 0. The van der Waals surface area contributed by atoms with Crippen LogP contribution in [-0.2, 0) is 14.8 Å². The molecule has 0 unspecified atom stereocenters. The smallest absolute Gasteiger partial charge is 0.317 e. The van der Waals surface area contributed by atoms with Crippen LogP contribution in [0.15, 0.2) is 4.90 Å². The standard InChI is InChI=1S/C20H32N2O4S/c1-7-21(12-19(23)24)18-8-10-22(11-9-18)27(25,26)20-16(5)14(3)13(2)15(4)17(20)6/h18H,7-12H2,1-6H3,(H,23,24). The minimum atomic E-state index is -3.57. The molecule has 0 radical (unpaired) electrons. The topological polar surface area (TPSA) is 77.9 Å². The van der Waals surface area contributed by atoms with Gasteiger partial charge in [-0.1, -0.05) is 6.92 Å². The Morgan fingerprint density at radius 1 is 1.00 bits per heavy atom. The first-order valence-corrected chi connectivity index (χ1v) is 11.0. The van der Waals surface area contributed by atoms with Crippen LogP contribution in [-0.4, -0.2) is 60.9 Å². The second-order valence-electron chi connectivity index (χ2n) is 7.55. The molecule has 1 fully saturated rings. The maximum atomic E-state index is 13.4. The van der Waals surface area contributed by atoms with Gasteiger partial charge in [-0.2, -0.15) is 4.31 Å². The maximum Gasteiger partial charge on any atom is 0.317 e. The second-order valence-corrected chi connectivity index (χ2v) is 9.42. The van der Waals surface area contributed by atoms with Crippen molar-refractivity contribution in [2.75, 3.05) is 26.2 Å². The Kier molecular flexibility index (Phi) is 6.71. The van der Waals surface area contributed by atoms with Gasteiger partial charge in [-0.3, -0.25) is 9.69 Å². The first-order valence-electron chi connectivity index (χ1n) is 9.55. The number of sulfonamides is 1. The van der Waals surface area contributed by atoms with Gasteiger partial charge >= 0.3 is 5.97 Å². The van der Waals surface area contributed by atoms with E-state index in [1.54, 1.807) is 4.31 Å². The number of aliphatic carboxylic acids is 1. The summed E-state index contributed by atoms with van der Waals surface area (Å²) in [5.41, 5.74) is 4.88. The quantitative estimate of drug-likeness (QED) is 0.800. The highest BCUT2D eigenvalue weighted by molar-refractivity contribution is 7.89. The lowest BCUT2D eigenvalue weighted by Crippen LogP contribution is -2.48. The molecule has 0 aliphatic carbocycles. The number of carbonyl (C=O) groups is 1. The SMILES string of the molecule is CCN(CC(=O)O)C1CCN(S(=O)(=O)c2c(C)c(C)c(C)c(C)c2C)CC1. The van der Waals surface area contributed by atoms with Crippen molar-refractivity contribution in [3.63, 3.8) is 0 Å². The molecule has 0 aromatic heterocycles. The van der Waals surface area contributed by atoms with E-state index in [0.29, 0.717) is 37.4 Å². The van der Waals surface area contributed by atoms with Gasteiger partial charge in [0.1, 0.15) is 0 Å². The van der Waals surface area contributed by atoms with Crippen molar-refractivity contribution in [1.29, 1.82) is 0 Å². The summed E-state index contributed by atoms with van der Waals surface area (Å²) in [6.07, 6.45) is 1.31. The summed E-state index contributed by atoms with van der Waals surface area (Å²) in [4.78, 5) is 13.4. The number of benzene rings is 1. The molecule has 6 nitrogen and oxygen atoms in total. The van der Waals surface area contributed by atoms with E-state index in [1.807, 2.05) is 46.4 Å². The Labute approximate surface area is 163 Å². The van der Waals surface area contributed by atoms with E-state index in [0.717, 1.165) is 27.8 Å². The van der Waals surface area contributed by atoms with E-state index in [2.05, 4.69) is 0 Å². The summed E-state index contributed by atoms with van der Waals surface area (Å²) in [6.45, 7) is 13.2. The van der Waals surface area contributed by atoms with Gasteiger partial charge in [0.25, 0.3) is 0 Å². The van der Waals surface area contributed by atoms with Crippen molar-refractivity contribution < 1.29 is 18.3 Å². The van der Waals surface area contributed by atoms with E-state index in [1.165, 1.54) is 0 Å². The molecule has 1 aromatic rings. The van der Waals surface area contributed by atoms with Crippen molar-refractivity contribution in [3.8, 4) is 0 Å². The Morgan fingerprint density at radius 2 is 1.44 bits per heavy atom. The molecule has 2 rings (SSSR count). The molecule has 0 bridgehead atoms. The average Bonchev–Trinajstić information content (AvgIpc) is 2.62. The van der Waals surface area contributed by atoms with Crippen LogP contribution in [0.1, 0.15) is 47.6 Å². The predicted octanol–water partition coefficient (Wildman–Crippen LogP) is 2.79. The summed E-state index contributed by atoms with van der Waals surface area (Å²) < 4.78 is 28.3. The fourth-order valence-corrected chi connectivity index (χ4v) is 6.13. The second kappa shape index (κ2) is 8.29. The molecule has 1 aliphatic rings. The molecule has 0 saturated carbocycles. The summed E-state index contributed by atoms with van der Waals surface area (Å²) in [6, 6.07) is 0.112. The number of hydrogen-bond acceptors (Lipinski definition) is 4. The van der Waals surface area contributed by atoms with Gasteiger partial charge in [0.05, 0.1) is 11.4 Å². The number of hydrogen-bond donors (Lipinski definition) is 1. The summed E-state index contributed by atoms with van der Waals surface area (Å²) in [5.74, 6) is -0.844. The first-order chi connectivity index (χ1) is 12.5. The van der Waals surface area contributed by atoms with Gasteiger partial charge in [-0.25, -0.2) is 8.42 Å². The van der Waals surface area contributed by atoms with E-state index >= 15 is 0 Å². The molecule has 0 spiro atoms. The maximum absolute atomic E-state index is 13.4. The number of rotatable bonds is 6. The van der Waals surface area contributed by atoms with E-state index < -0.39 is 16.0 Å². The van der Waals surface area contributed by atoms with Gasteiger partial charge in [-0.15, -0.1) is 0 Å². The molecular formula is C20H32N2O4S. The third-order valence-electron chi connectivity index (χ3n) is 6.21. The van der Waals surface area contributed by atoms with Crippen LogP contribution in [0, 0.1) is 34.6 Å². The minimum absolute atomic E-state index is 0.00246. The Morgan fingerprint density at radius 3 is 1.85 bits per heavy atom. The number of likely N-dealkylation sites (N-methyl/N-ethyl adjacent to an activating group) is 1. The first kappa shape index (κ1) is 21.9. The van der Waals surface area contributed by atoms with Crippen LogP contribution >= 0.6 is 0 Å². The molecule has 27 heavy (non-hydrogen) atoms. The van der Waals surface area contributed by atoms with Crippen LogP contribution in [0.5, 0.6) is 0 Å². The van der Waals surface area contributed by atoms with Crippen LogP contribution in [0.3, 0.4) is 0 Å². The Hall–Kier alpha value is -1.44. The third kappa shape index (κ3) is 4.20. The zero-order valence-corrected chi connectivity index (χ0v) is 18.1. The fourth-order valence-electron chi connectivity index (χ4n) is 4.10. The molecule has 0 amide bonds. The highest BCUT2D eigenvalue weighted by atomic mass is 32.2. The van der Waals surface area contributed by atoms with Crippen LogP contribution in [0.4, 0.5) is 0 Å². The predicted molar refractivity (Wildman–Crippen MR) is 107 cm³/mol. The zero-order valence-electron chi connectivity index (χ0n) is 17.3. The van der Waals surface area contributed by atoms with Gasteiger partial charge < -0.3 is 5.11 Å². The van der Waals surface area contributed by atoms with Crippen LogP contribution in [0.25, 0.3) is 0 Å². The van der Waals surface area contributed by atoms with Gasteiger partial charge in [0.15, 0.2) is 0 Å². The highest BCUT2D eigenvalue weighted by Crippen LogP contribution is 2.33. The molecule has 1 saturated heterocycles. The molecule has 1 N–H and O–H groups in total. The molecule has 1 aromatic carbocycles. The van der Waals surface area contributed by atoms with Gasteiger partial charge in [0, 0.05) is 19.1 Å². The lowest BCUT2D eigenvalue weighted by atomic mass is 9.95. The number of carboxylic acids is 1. The number of nitrogens with zero attached hydrogens (tertiary/aromatic N) is 2. The van der Waals surface area contributed by atoms with Crippen molar-refractivity contribution in [1.82, 2.24) is 9.21 Å². The summed E-state index contributed by atoms with van der Waals surface area (Å²) in [5, 5.41) is 9.06. The molecule has 152 valence electrons. The minimum Gasteiger partial charge on any atom is -0.480 e. The lowest BCUT2D eigenvalue weighted by Gasteiger charge is -2.37. The number of carboxylic acid groups (broad SMARTS) is 1.